The molecule has 0 saturated heterocycles. The third kappa shape index (κ3) is 6.38. The molecule has 0 aromatic heterocycles. The molecule has 9 nitrogen and oxygen atoms in total. The molecule has 0 heterocycles. The summed E-state index contributed by atoms with van der Waals surface area (Å²) in [6.45, 7) is -0.231. The van der Waals surface area contributed by atoms with Gasteiger partial charge in [-0.2, -0.15) is 0 Å². The topological polar surface area (TPSA) is 147 Å². The van der Waals surface area contributed by atoms with E-state index in [4.69, 9.17) is 9.79 Å². The molecular weight excluding hydrogens is 312 g/mol. The highest BCUT2D eigenvalue weighted by atomic mass is 31.2. The summed E-state index contributed by atoms with van der Waals surface area (Å²) in [6, 6.07) is 5.49. The van der Waals surface area contributed by atoms with Crippen molar-refractivity contribution >= 4 is 20.9 Å². The number of rotatable bonds is 7. The Labute approximate surface area is 114 Å². The number of nitro groups is 1. The van der Waals surface area contributed by atoms with Crippen molar-refractivity contribution < 1.29 is 33.3 Å². The fraction of sp³-hybridized carbons (Fsp3) is 0.333. The Balaban J connectivity index is 2.50. The molecule has 0 aliphatic carbocycles. The van der Waals surface area contributed by atoms with Crippen LogP contribution in [0.3, 0.4) is 0 Å². The van der Waals surface area contributed by atoms with Crippen LogP contribution in [-0.4, -0.2) is 32.1 Å². The maximum absolute atomic E-state index is 11.3. The third-order valence-corrected chi connectivity index (χ3v) is 5.68. The Morgan fingerprint density at radius 3 is 2.15 bits per heavy atom. The Kier molecular flexibility index (Phi) is 5.59. The van der Waals surface area contributed by atoms with Crippen LogP contribution in [0, 0.1) is 10.1 Å². The monoisotopic (exact) mass is 325 g/mol. The van der Waals surface area contributed by atoms with Gasteiger partial charge in [0.15, 0.2) is 5.90 Å². The normalized spacial score (nSPS) is 14.8. The second kappa shape index (κ2) is 6.58. The number of hydrogen-bond acceptors (Lipinski definition) is 5. The van der Waals surface area contributed by atoms with Gasteiger partial charge < -0.3 is 19.2 Å². The molecule has 0 fully saturated rings. The minimum Gasteiger partial charge on any atom is -0.324 e. The van der Waals surface area contributed by atoms with Crippen LogP contribution >= 0.6 is 15.2 Å². The molecule has 1 unspecified atom stereocenters. The van der Waals surface area contributed by atoms with Crippen molar-refractivity contribution in [1.82, 2.24) is 0 Å². The zero-order valence-electron chi connectivity index (χ0n) is 10.2. The molecule has 0 bridgehead atoms. The van der Waals surface area contributed by atoms with Crippen molar-refractivity contribution in [3.05, 3.63) is 39.9 Å². The lowest BCUT2D eigenvalue weighted by molar-refractivity contribution is -0.384. The maximum atomic E-state index is 11.3. The number of benzene rings is 1. The van der Waals surface area contributed by atoms with E-state index in [0.29, 0.717) is 5.56 Å². The summed E-state index contributed by atoms with van der Waals surface area (Å²) in [7, 11) is -8.98. The maximum Gasteiger partial charge on any atom is 0.340 e. The molecule has 1 aromatic carbocycles. The van der Waals surface area contributed by atoms with Crippen LogP contribution in [0.25, 0.3) is 0 Å². The van der Waals surface area contributed by atoms with Gasteiger partial charge in [0.05, 0.1) is 11.5 Å². The van der Waals surface area contributed by atoms with Crippen LogP contribution in [0.2, 0.25) is 0 Å². The van der Waals surface area contributed by atoms with Gasteiger partial charge in [0.25, 0.3) is 5.69 Å². The van der Waals surface area contributed by atoms with Gasteiger partial charge in [0, 0.05) is 12.1 Å². The summed E-state index contributed by atoms with van der Waals surface area (Å²) in [5.41, 5.74) is 0.552. The van der Waals surface area contributed by atoms with Gasteiger partial charge in [-0.05, 0) is 12.0 Å². The van der Waals surface area contributed by atoms with E-state index in [-0.39, 0.29) is 18.7 Å². The highest BCUT2D eigenvalue weighted by molar-refractivity contribution is 7.70. The van der Waals surface area contributed by atoms with E-state index in [1.165, 1.54) is 24.3 Å². The number of nitro benzene ring substituents is 1. The molecule has 0 aliphatic heterocycles. The molecular formula is C9H13NO8P2. The summed E-state index contributed by atoms with van der Waals surface area (Å²) < 4.78 is 26.5. The van der Waals surface area contributed by atoms with Crippen LogP contribution < -0.4 is 0 Å². The highest BCUT2D eigenvalue weighted by Crippen LogP contribution is 2.55. The van der Waals surface area contributed by atoms with E-state index in [2.05, 4.69) is 4.52 Å². The summed E-state index contributed by atoms with van der Waals surface area (Å²) >= 11 is 0. The summed E-state index contributed by atoms with van der Waals surface area (Å²) in [4.78, 5) is 36.2. The molecule has 0 radical (unpaired) electrons. The smallest absolute Gasteiger partial charge is 0.324 e. The molecule has 20 heavy (non-hydrogen) atoms. The van der Waals surface area contributed by atoms with Gasteiger partial charge in [-0.15, -0.1) is 0 Å². The third-order valence-electron chi connectivity index (χ3n) is 2.19. The zero-order valence-corrected chi connectivity index (χ0v) is 11.9. The number of hydrogen-bond donors (Lipinski definition) is 3. The van der Waals surface area contributed by atoms with Crippen LogP contribution in [-0.2, 0) is 20.1 Å². The van der Waals surface area contributed by atoms with Gasteiger partial charge >= 0.3 is 15.2 Å². The summed E-state index contributed by atoms with van der Waals surface area (Å²) in [6.07, 6.45) is 0.184. The molecule has 1 rings (SSSR count). The minimum absolute atomic E-state index is 0.0796. The quantitative estimate of drug-likeness (QED) is 0.388. The highest BCUT2D eigenvalue weighted by Gasteiger charge is 2.30. The van der Waals surface area contributed by atoms with Crippen molar-refractivity contribution in [2.24, 2.45) is 0 Å². The van der Waals surface area contributed by atoms with Crippen LogP contribution in [0.15, 0.2) is 24.3 Å². The van der Waals surface area contributed by atoms with Crippen LogP contribution in [0.4, 0.5) is 5.69 Å². The van der Waals surface area contributed by atoms with Gasteiger partial charge in [-0.3, -0.25) is 19.2 Å². The van der Waals surface area contributed by atoms with E-state index in [9.17, 15) is 24.1 Å². The molecule has 0 aliphatic rings. The minimum atomic E-state index is -4.63. The van der Waals surface area contributed by atoms with E-state index in [1.54, 1.807) is 0 Å². The molecule has 1 atom stereocenters. The lowest BCUT2D eigenvalue weighted by Gasteiger charge is -2.12. The Bertz CT molecular complexity index is 566. The first kappa shape index (κ1) is 17.0. The van der Waals surface area contributed by atoms with E-state index in [0.717, 1.165) is 0 Å². The summed E-state index contributed by atoms with van der Waals surface area (Å²) in [5, 5.41) is 10.4. The zero-order chi connectivity index (χ0) is 15.4. The van der Waals surface area contributed by atoms with Crippen LogP contribution in [0.1, 0.15) is 5.56 Å². The molecule has 3 N–H and O–H groups in total. The SMILES string of the molecule is O=[N+]([O-])c1ccc(CCOP(=O)(O)CP(=O)(O)O)cc1. The Morgan fingerprint density at radius 2 is 1.70 bits per heavy atom. The standard InChI is InChI=1S/C9H13NO8P2/c11-10(12)9-3-1-8(2-4-9)5-6-18-20(16,17)7-19(13,14)15/h1-4H,5-7H2,(H,16,17)(H2,13,14,15). The van der Waals surface area contributed by atoms with Crippen molar-refractivity contribution in [3.63, 3.8) is 0 Å². The lowest BCUT2D eigenvalue weighted by atomic mass is 10.1. The second-order valence-corrected chi connectivity index (χ2v) is 7.94. The van der Waals surface area contributed by atoms with Crippen molar-refractivity contribution in [2.75, 3.05) is 12.5 Å². The first-order valence-electron chi connectivity index (χ1n) is 5.33. The molecule has 112 valence electrons. The Hall–Kier alpha value is -1.08. The molecule has 0 spiro atoms. The van der Waals surface area contributed by atoms with Gasteiger partial charge in [0.1, 0.15) is 0 Å². The fourth-order valence-electron chi connectivity index (χ4n) is 1.36. The van der Waals surface area contributed by atoms with Crippen molar-refractivity contribution in [3.8, 4) is 0 Å². The van der Waals surface area contributed by atoms with Crippen molar-refractivity contribution in [1.29, 1.82) is 0 Å². The Morgan fingerprint density at radius 1 is 1.15 bits per heavy atom. The molecule has 11 heteroatoms. The first-order valence-corrected chi connectivity index (χ1v) is 8.89. The number of non-ortho nitro benzene ring substituents is 1. The van der Waals surface area contributed by atoms with E-state index >= 15 is 0 Å². The average Bonchev–Trinajstić information content (AvgIpc) is 2.26. The van der Waals surface area contributed by atoms with E-state index in [1.807, 2.05) is 0 Å². The van der Waals surface area contributed by atoms with Crippen LogP contribution in [0.5, 0.6) is 0 Å². The largest absolute Gasteiger partial charge is 0.340 e. The molecule has 1 aromatic rings. The number of nitrogens with zero attached hydrogens (tertiary/aromatic N) is 1. The lowest BCUT2D eigenvalue weighted by Crippen LogP contribution is -2.00. The summed E-state index contributed by atoms with van der Waals surface area (Å²) in [5.74, 6) is -1.24. The van der Waals surface area contributed by atoms with Gasteiger partial charge in [-0.25, -0.2) is 0 Å². The first-order chi connectivity index (χ1) is 9.09. The predicted molar refractivity (Wildman–Crippen MR) is 69.5 cm³/mol. The molecule has 0 saturated carbocycles. The fourth-order valence-corrected chi connectivity index (χ4v) is 3.93. The molecule has 0 amide bonds. The van der Waals surface area contributed by atoms with E-state index < -0.39 is 26.0 Å². The predicted octanol–water partition coefficient (Wildman–Crippen LogP) is 1.47. The van der Waals surface area contributed by atoms with Crippen molar-refractivity contribution in [2.45, 2.75) is 6.42 Å². The second-order valence-electron chi connectivity index (χ2n) is 3.95. The average molecular weight is 325 g/mol. The van der Waals surface area contributed by atoms with Gasteiger partial charge in [0.2, 0.25) is 0 Å². The van der Waals surface area contributed by atoms with Gasteiger partial charge in [-0.1, -0.05) is 12.1 Å².